The van der Waals surface area contributed by atoms with E-state index in [1.54, 1.807) is 18.2 Å². The normalized spacial score (nSPS) is 18.4. The Balaban J connectivity index is 2.82. The van der Waals surface area contributed by atoms with E-state index in [9.17, 15) is 0 Å². The average molecular weight is 429 g/mol. The number of hydrogen-bond donors (Lipinski definition) is 1. The number of nitrogens with zero attached hydrogens (tertiary/aromatic N) is 3. The van der Waals surface area contributed by atoms with E-state index < -0.39 is 11.9 Å². The zero-order valence-corrected chi connectivity index (χ0v) is 19.1. The van der Waals surface area contributed by atoms with Crippen molar-refractivity contribution < 1.29 is 4.39 Å². The van der Waals surface area contributed by atoms with Crippen molar-refractivity contribution in [2.75, 3.05) is 20.6 Å². The molecule has 0 fully saturated rings. The van der Waals surface area contributed by atoms with Gasteiger partial charge in [0.1, 0.15) is 5.82 Å². The maximum atomic E-state index is 15.1. The SMILES string of the molecule is C=C/C(C)=C\C(=C/N(C)C)N1C(=C)C(N)=C(C(C)=NCC)C1c1ccc(Cl)cc1F. The molecule has 0 saturated heterocycles. The standard InChI is InChI=1S/C24H30ClFN4/c1-8-15(3)12-19(14-29(6)7)30-17(5)23(27)22(16(4)28-9-2)24(30)20-11-10-18(25)13-21(20)26/h8,10-14,24H,1,5,9,27H2,2-4,6-7H3/b15-12-,19-14+,28-16?. The summed E-state index contributed by atoms with van der Waals surface area (Å²) in [4.78, 5) is 8.41. The van der Waals surface area contributed by atoms with Gasteiger partial charge < -0.3 is 15.5 Å². The lowest BCUT2D eigenvalue weighted by Gasteiger charge is -2.32. The number of rotatable bonds is 7. The molecule has 0 amide bonds. The van der Waals surface area contributed by atoms with Gasteiger partial charge in [0.2, 0.25) is 0 Å². The van der Waals surface area contributed by atoms with Crippen molar-refractivity contribution in [2.24, 2.45) is 10.7 Å². The predicted molar refractivity (Wildman–Crippen MR) is 126 cm³/mol. The van der Waals surface area contributed by atoms with Gasteiger partial charge in [-0.25, -0.2) is 4.39 Å². The number of nitrogens with two attached hydrogens (primary N) is 1. The highest BCUT2D eigenvalue weighted by Gasteiger charge is 2.39. The first-order chi connectivity index (χ1) is 14.1. The third-order valence-electron chi connectivity index (χ3n) is 4.83. The number of benzene rings is 1. The van der Waals surface area contributed by atoms with Gasteiger partial charge in [-0.1, -0.05) is 36.9 Å². The van der Waals surface area contributed by atoms with Gasteiger partial charge in [-0.2, -0.15) is 0 Å². The Kier molecular flexibility index (Phi) is 7.68. The minimum absolute atomic E-state index is 0.337. The van der Waals surface area contributed by atoms with Crippen LogP contribution >= 0.6 is 11.6 Å². The largest absolute Gasteiger partial charge is 0.397 e. The van der Waals surface area contributed by atoms with Gasteiger partial charge in [0.15, 0.2) is 0 Å². The average Bonchev–Trinajstić information content (AvgIpc) is 2.92. The molecule has 1 aromatic rings. The minimum Gasteiger partial charge on any atom is -0.397 e. The molecule has 4 nitrogen and oxygen atoms in total. The smallest absolute Gasteiger partial charge is 0.130 e. The summed E-state index contributed by atoms with van der Waals surface area (Å²) >= 11 is 6.01. The van der Waals surface area contributed by atoms with E-state index in [2.05, 4.69) is 18.2 Å². The quantitative estimate of drug-likeness (QED) is 0.455. The number of hydrogen-bond acceptors (Lipinski definition) is 4. The van der Waals surface area contributed by atoms with Crippen LogP contribution in [0, 0.1) is 5.82 Å². The molecular weight excluding hydrogens is 399 g/mol. The van der Waals surface area contributed by atoms with Gasteiger partial charge in [-0.05, 0) is 44.6 Å². The van der Waals surface area contributed by atoms with Crippen molar-refractivity contribution >= 4 is 17.3 Å². The Hall–Kier alpha value is -2.79. The van der Waals surface area contributed by atoms with Gasteiger partial charge in [-0.3, -0.25) is 4.99 Å². The highest BCUT2D eigenvalue weighted by molar-refractivity contribution is 6.30. The fourth-order valence-electron chi connectivity index (χ4n) is 3.48. The van der Waals surface area contributed by atoms with Crippen molar-refractivity contribution in [3.63, 3.8) is 0 Å². The van der Waals surface area contributed by atoms with Crippen LogP contribution in [0.2, 0.25) is 5.02 Å². The summed E-state index contributed by atoms with van der Waals surface area (Å²) in [6, 6.07) is 4.17. The van der Waals surface area contributed by atoms with Crippen molar-refractivity contribution in [1.29, 1.82) is 0 Å². The van der Waals surface area contributed by atoms with E-state index in [4.69, 9.17) is 17.3 Å². The first-order valence-electron chi connectivity index (χ1n) is 9.75. The Morgan fingerprint density at radius 3 is 2.57 bits per heavy atom. The molecule has 1 unspecified atom stereocenters. The summed E-state index contributed by atoms with van der Waals surface area (Å²) in [5.41, 5.74) is 11.3. The molecule has 160 valence electrons. The summed E-state index contributed by atoms with van der Waals surface area (Å²) in [5.74, 6) is -0.407. The van der Waals surface area contributed by atoms with Gasteiger partial charge in [0, 0.05) is 48.7 Å². The molecule has 0 aliphatic carbocycles. The monoisotopic (exact) mass is 428 g/mol. The van der Waals surface area contributed by atoms with Gasteiger partial charge in [0.25, 0.3) is 0 Å². The van der Waals surface area contributed by atoms with Crippen LogP contribution in [0.4, 0.5) is 4.39 Å². The molecule has 0 radical (unpaired) electrons. The molecule has 0 spiro atoms. The number of aliphatic imine (C=N–C) groups is 1. The molecule has 2 N–H and O–H groups in total. The Bertz CT molecular complexity index is 969. The summed E-state index contributed by atoms with van der Waals surface area (Å²) in [5, 5.41) is 0.337. The Morgan fingerprint density at radius 2 is 2.03 bits per heavy atom. The number of halogens is 2. The third kappa shape index (κ3) is 4.85. The van der Waals surface area contributed by atoms with Gasteiger partial charge in [0.05, 0.1) is 23.1 Å². The van der Waals surface area contributed by atoms with Crippen molar-refractivity contribution in [2.45, 2.75) is 26.8 Å². The molecule has 0 bridgehead atoms. The van der Waals surface area contributed by atoms with E-state index >= 15 is 4.39 Å². The predicted octanol–water partition coefficient (Wildman–Crippen LogP) is 5.58. The van der Waals surface area contributed by atoms with Crippen LogP contribution in [0.25, 0.3) is 0 Å². The minimum atomic E-state index is -0.523. The van der Waals surface area contributed by atoms with E-state index in [0.717, 1.165) is 22.6 Å². The van der Waals surface area contributed by atoms with Crippen LogP contribution in [0.3, 0.4) is 0 Å². The first-order valence-corrected chi connectivity index (χ1v) is 10.1. The summed E-state index contributed by atoms with van der Waals surface area (Å²) in [7, 11) is 3.85. The summed E-state index contributed by atoms with van der Waals surface area (Å²) in [6.45, 7) is 14.5. The molecule has 30 heavy (non-hydrogen) atoms. The molecule has 0 saturated carbocycles. The molecule has 0 aromatic heterocycles. The second-order valence-electron chi connectivity index (χ2n) is 7.38. The molecule has 6 heteroatoms. The lowest BCUT2D eigenvalue weighted by molar-refractivity contribution is 0.382. The molecule has 1 heterocycles. The van der Waals surface area contributed by atoms with Crippen molar-refractivity contribution in [1.82, 2.24) is 9.80 Å². The van der Waals surface area contributed by atoms with Crippen LogP contribution in [0.5, 0.6) is 0 Å². The number of allylic oxidation sites excluding steroid dienone is 3. The lowest BCUT2D eigenvalue weighted by Crippen LogP contribution is -2.26. The molecule has 1 aliphatic heterocycles. The molecule has 2 rings (SSSR count). The lowest BCUT2D eigenvalue weighted by atomic mass is 9.95. The molecule has 1 aliphatic rings. The zero-order valence-electron chi connectivity index (χ0n) is 18.3. The van der Waals surface area contributed by atoms with E-state index in [1.165, 1.54) is 6.07 Å². The fraction of sp³-hybridized carbons (Fsp3) is 0.292. The van der Waals surface area contributed by atoms with E-state index in [1.807, 2.05) is 56.9 Å². The maximum Gasteiger partial charge on any atom is 0.130 e. The second kappa shape index (κ2) is 9.81. The summed E-state index contributed by atoms with van der Waals surface area (Å²) in [6.07, 6.45) is 5.69. The van der Waals surface area contributed by atoms with Crippen molar-refractivity contribution in [3.8, 4) is 0 Å². The fourth-order valence-corrected chi connectivity index (χ4v) is 3.64. The molecular formula is C24H30ClFN4. The second-order valence-corrected chi connectivity index (χ2v) is 7.82. The Labute approximate surface area is 184 Å². The van der Waals surface area contributed by atoms with Gasteiger partial charge in [-0.15, -0.1) is 0 Å². The van der Waals surface area contributed by atoms with Crippen LogP contribution in [0.15, 0.2) is 82.9 Å². The third-order valence-corrected chi connectivity index (χ3v) is 5.07. The van der Waals surface area contributed by atoms with Crippen LogP contribution in [0.1, 0.15) is 32.4 Å². The highest BCUT2D eigenvalue weighted by atomic mass is 35.5. The van der Waals surface area contributed by atoms with Crippen molar-refractivity contribution in [3.05, 3.63) is 94.3 Å². The highest BCUT2D eigenvalue weighted by Crippen LogP contribution is 2.45. The van der Waals surface area contributed by atoms with Crippen LogP contribution < -0.4 is 5.73 Å². The first kappa shape index (κ1) is 23.5. The summed E-state index contributed by atoms with van der Waals surface area (Å²) < 4.78 is 15.1. The topological polar surface area (TPSA) is 44.9 Å². The van der Waals surface area contributed by atoms with Crippen LogP contribution in [-0.2, 0) is 0 Å². The zero-order chi connectivity index (χ0) is 22.6. The van der Waals surface area contributed by atoms with E-state index in [0.29, 0.717) is 28.5 Å². The Morgan fingerprint density at radius 1 is 1.37 bits per heavy atom. The molecule has 1 atom stereocenters. The van der Waals surface area contributed by atoms with E-state index in [-0.39, 0.29) is 0 Å². The van der Waals surface area contributed by atoms with Gasteiger partial charge >= 0.3 is 0 Å². The van der Waals surface area contributed by atoms with Crippen LogP contribution in [-0.4, -0.2) is 36.2 Å². The maximum absolute atomic E-state index is 15.1. The molecule has 1 aromatic carbocycles.